The quantitative estimate of drug-likeness (QED) is 0.596. The number of hydrogen-bond acceptors (Lipinski definition) is 3. The molecule has 0 saturated carbocycles. The van der Waals surface area contributed by atoms with Crippen LogP contribution in [-0.4, -0.2) is 11.3 Å². The molecule has 0 aliphatic carbocycles. The van der Waals surface area contributed by atoms with Crippen molar-refractivity contribution in [2.24, 2.45) is 0 Å². The number of benzene rings is 1. The summed E-state index contributed by atoms with van der Waals surface area (Å²) in [4.78, 5) is 10.7. The second kappa shape index (κ2) is 6.44. The Kier molecular flexibility index (Phi) is 5.44. The third-order valence-corrected chi connectivity index (χ3v) is 4.11. The van der Waals surface area contributed by atoms with Gasteiger partial charge < -0.3 is 0 Å². The maximum absolute atomic E-state index is 12.3. The Hall–Kier alpha value is -1.00. The summed E-state index contributed by atoms with van der Waals surface area (Å²) >= 11 is 2.93. The fraction of sp³-hybridized carbons (Fsp3) is 0.333. The van der Waals surface area contributed by atoms with Gasteiger partial charge >= 0.3 is 5.51 Å². The van der Waals surface area contributed by atoms with Crippen LogP contribution in [0.2, 0.25) is 0 Å². The second-order valence-corrected chi connectivity index (χ2v) is 5.77. The number of hydrogen-bond donors (Lipinski definition) is 0. The van der Waals surface area contributed by atoms with E-state index in [1.165, 1.54) is 25.1 Å². The number of rotatable bonds is 4. The fourth-order valence-corrected chi connectivity index (χ4v) is 2.53. The van der Waals surface area contributed by atoms with E-state index in [4.69, 9.17) is 5.26 Å². The van der Waals surface area contributed by atoms with Crippen molar-refractivity contribution in [3.05, 3.63) is 29.3 Å². The average Bonchev–Trinajstić information content (AvgIpc) is 2.26. The van der Waals surface area contributed by atoms with Crippen LogP contribution in [0, 0.1) is 11.3 Å². The molecule has 102 valence electrons. The van der Waals surface area contributed by atoms with Gasteiger partial charge in [0.1, 0.15) is 5.78 Å². The molecule has 0 fully saturated rings. The van der Waals surface area contributed by atoms with Gasteiger partial charge in [-0.3, -0.25) is 4.79 Å². The summed E-state index contributed by atoms with van der Waals surface area (Å²) < 4.78 is 36.8. The Balaban J connectivity index is 3.15. The van der Waals surface area contributed by atoms with Gasteiger partial charge in [-0.15, -0.1) is 0 Å². The molecule has 0 N–H and O–H groups in total. The van der Waals surface area contributed by atoms with Crippen LogP contribution in [0.15, 0.2) is 23.1 Å². The zero-order valence-corrected chi connectivity index (χ0v) is 12.2. The largest absolute Gasteiger partial charge is 0.446 e. The predicted molar refractivity (Wildman–Crippen MR) is 70.0 cm³/mol. The lowest BCUT2D eigenvalue weighted by Crippen LogP contribution is -2.06. The standard InChI is InChI=1S/C12H9BrF3NOS/c1-7(18)11(13)10-3-2-9(19-12(14,15)16)6-8(10)4-5-17/h2-3,6,11H,4H2,1H3. The molecule has 1 aromatic carbocycles. The topological polar surface area (TPSA) is 40.9 Å². The lowest BCUT2D eigenvalue weighted by atomic mass is 10.0. The molecule has 0 saturated heterocycles. The summed E-state index contributed by atoms with van der Waals surface area (Å²) in [5, 5.41) is 8.71. The fourth-order valence-electron chi connectivity index (χ4n) is 1.48. The zero-order chi connectivity index (χ0) is 14.6. The molecule has 19 heavy (non-hydrogen) atoms. The molecule has 0 heterocycles. The van der Waals surface area contributed by atoms with Gasteiger partial charge in [-0.25, -0.2) is 0 Å². The van der Waals surface area contributed by atoms with Crippen LogP contribution in [0.5, 0.6) is 0 Å². The van der Waals surface area contributed by atoms with Crippen LogP contribution in [0.25, 0.3) is 0 Å². The lowest BCUT2D eigenvalue weighted by Gasteiger charge is -2.13. The molecule has 1 rings (SSSR count). The molecule has 0 aromatic heterocycles. The summed E-state index contributed by atoms with van der Waals surface area (Å²) in [7, 11) is 0. The molecule has 1 atom stereocenters. The summed E-state index contributed by atoms with van der Waals surface area (Å²) in [5.74, 6) is -0.171. The van der Waals surface area contributed by atoms with Gasteiger partial charge in [-0.2, -0.15) is 18.4 Å². The van der Waals surface area contributed by atoms with Crippen molar-refractivity contribution in [2.45, 2.75) is 28.6 Å². The van der Waals surface area contributed by atoms with Gasteiger partial charge in [-0.05, 0) is 41.9 Å². The van der Waals surface area contributed by atoms with Crippen LogP contribution in [-0.2, 0) is 11.2 Å². The first kappa shape index (κ1) is 16.1. The van der Waals surface area contributed by atoms with Gasteiger partial charge in [0.15, 0.2) is 0 Å². The third kappa shape index (κ3) is 4.88. The van der Waals surface area contributed by atoms with Gasteiger partial charge in [0, 0.05) is 4.90 Å². The summed E-state index contributed by atoms with van der Waals surface area (Å²) in [5.41, 5.74) is -3.42. The van der Waals surface area contributed by atoms with E-state index in [1.807, 2.05) is 6.07 Å². The Morgan fingerprint density at radius 3 is 2.63 bits per heavy atom. The maximum atomic E-state index is 12.3. The minimum Gasteiger partial charge on any atom is -0.298 e. The van der Waals surface area contributed by atoms with Crippen molar-refractivity contribution in [1.29, 1.82) is 5.26 Å². The van der Waals surface area contributed by atoms with Crippen molar-refractivity contribution < 1.29 is 18.0 Å². The molecular weight excluding hydrogens is 343 g/mol. The molecule has 0 radical (unpaired) electrons. The van der Waals surface area contributed by atoms with Gasteiger partial charge in [0.2, 0.25) is 0 Å². The minimum absolute atomic E-state index is 0.00440. The number of ketones is 1. The van der Waals surface area contributed by atoms with Crippen molar-refractivity contribution >= 4 is 33.5 Å². The number of Topliss-reactive ketones (excluding diaryl/α,β-unsaturated/α-hetero) is 1. The molecule has 0 aliphatic heterocycles. The lowest BCUT2D eigenvalue weighted by molar-refractivity contribution is -0.116. The molecular formula is C12H9BrF3NOS. The van der Waals surface area contributed by atoms with E-state index in [0.29, 0.717) is 11.1 Å². The Morgan fingerprint density at radius 2 is 2.16 bits per heavy atom. The molecule has 7 heteroatoms. The minimum atomic E-state index is -4.38. The van der Waals surface area contributed by atoms with Gasteiger partial charge in [-0.1, -0.05) is 22.0 Å². The highest BCUT2D eigenvalue weighted by molar-refractivity contribution is 9.09. The van der Waals surface area contributed by atoms with Crippen LogP contribution in [0.4, 0.5) is 13.2 Å². The highest BCUT2D eigenvalue weighted by Crippen LogP contribution is 2.38. The molecule has 1 aromatic rings. The van der Waals surface area contributed by atoms with Crippen LogP contribution < -0.4 is 0 Å². The van der Waals surface area contributed by atoms with Crippen molar-refractivity contribution in [1.82, 2.24) is 0 Å². The van der Waals surface area contributed by atoms with E-state index in [2.05, 4.69) is 15.9 Å². The van der Waals surface area contributed by atoms with Crippen LogP contribution >= 0.6 is 27.7 Å². The van der Waals surface area contributed by atoms with E-state index in [0.717, 1.165) is 0 Å². The SMILES string of the molecule is CC(=O)C(Br)c1ccc(SC(F)(F)F)cc1CC#N. The number of thioether (sulfide) groups is 1. The van der Waals surface area contributed by atoms with Crippen molar-refractivity contribution in [3.63, 3.8) is 0 Å². The van der Waals surface area contributed by atoms with E-state index in [9.17, 15) is 18.0 Å². The molecule has 0 spiro atoms. The monoisotopic (exact) mass is 351 g/mol. The molecule has 0 bridgehead atoms. The average molecular weight is 352 g/mol. The normalized spacial score (nSPS) is 12.8. The number of alkyl halides is 4. The highest BCUT2D eigenvalue weighted by atomic mass is 79.9. The number of carbonyl (C=O) groups is 1. The predicted octanol–water partition coefficient (Wildman–Crippen LogP) is 4.39. The molecule has 0 amide bonds. The van der Waals surface area contributed by atoms with E-state index in [-0.39, 0.29) is 28.9 Å². The van der Waals surface area contributed by atoms with E-state index < -0.39 is 10.3 Å². The number of nitrogens with zero attached hydrogens (tertiary/aromatic N) is 1. The first-order chi connectivity index (χ1) is 8.74. The number of carbonyl (C=O) groups excluding carboxylic acids is 1. The summed E-state index contributed by atoms with van der Waals surface area (Å²) in [6, 6.07) is 5.93. The smallest absolute Gasteiger partial charge is 0.298 e. The van der Waals surface area contributed by atoms with E-state index in [1.54, 1.807) is 0 Å². The first-order valence-electron chi connectivity index (χ1n) is 5.14. The van der Waals surface area contributed by atoms with Gasteiger partial charge in [0.05, 0.1) is 17.3 Å². The third-order valence-electron chi connectivity index (χ3n) is 2.25. The van der Waals surface area contributed by atoms with E-state index >= 15 is 0 Å². The van der Waals surface area contributed by atoms with Crippen molar-refractivity contribution in [2.75, 3.05) is 0 Å². The Bertz CT molecular complexity index is 525. The summed E-state index contributed by atoms with van der Waals surface area (Å²) in [6.45, 7) is 1.37. The van der Waals surface area contributed by atoms with Gasteiger partial charge in [0.25, 0.3) is 0 Å². The summed E-state index contributed by atoms with van der Waals surface area (Å²) in [6.07, 6.45) is -0.0447. The molecule has 2 nitrogen and oxygen atoms in total. The maximum Gasteiger partial charge on any atom is 0.446 e. The van der Waals surface area contributed by atoms with Crippen LogP contribution in [0.3, 0.4) is 0 Å². The Labute approximate surface area is 121 Å². The second-order valence-electron chi connectivity index (χ2n) is 3.72. The van der Waals surface area contributed by atoms with Crippen LogP contribution in [0.1, 0.15) is 22.9 Å². The van der Waals surface area contributed by atoms with Crippen molar-refractivity contribution in [3.8, 4) is 6.07 Å². The zero-order valence-electron chi connectivity index (χ0n) is 9.79. The number of nitriles is 1. The first-order valence-corrected chi connectivity index (χ1v) is 6.88. The Morgan fingerprint density at radius 1 is 1.53 bits per heavy atom. The number of halogens is 4. The highest BCUT2D eigenvalue weighted by Gasteiger charge is 2.29. The molecule has 0 aliphatic rings. The molecule has 1 unspecified atom stereocenters.